The quantitative estimate of drug-likeness (QED) is 0.862. The van der Waals surface area contributed by atoms with Crippen LogP contribution in [0.15, 0.2) is 0 Å². The number of rotatable bonds is 3. The van der Waals surface area contributed by atoms with Gasteiger partial charge in [0.15, 0.2) is 0 Å². The first-order chi connectivity index (χ1) is 8.67. The van der Waals surface area contributed by atoms with Crippen LogP contribution in [-0.4, -0.2) is 41.6 Å². The van der Waals surface area contributed by atoms with Gasteiger partial charge in [-0.15, -0.1) is 12.4 Å². The monoisotopic (exact) mass is 288 g/mol. The molecule has 4 nitrogen and oxygen atoms in total. The molecule has 110 valence electrons. The summed E-state index contributed by atoms with van der Waals surface area (Å²) in [6, 6.07) is 0. The summed E-state index contributed by atoms with van der Waals surface area (Å²) in [5.74, 6) is 0.168. The van der Waals surface area contributed by atoms with E-state index in [1.54, 1.807) is 0 Å². The second kappa shape index (κ2) is 5.98. The number of nitrogens with zero attached hydrogens (tertiary/aromatic N) is 1. The lowest BCUT2D eigenvalue weighted by Gasteiger charge is -2.34. The Morgan fingerprint density at radius 2 is 1.58 bits per heavy atom. The third-order valence-corrected chi connectivity index (χ3v) is 4.63. The molecule has 0 aromatic rings. The first kappa shape index (κ1) is 15.1. The van der Waals surface area contributed by atoms with Crippen molar-refractivity contribution in [3.05, 3.63) is 0 Å². The molecule has 3 rings (SSSR count). The molecule has 0 unspecified atom stereocenters. The van der Waals surface area contributed by atoms with Crippen LogP contribution in [0.3, 0.4) is 0 Å². The molecule has 0 bridgehead atoms. The van der Waals surface area contributed by atoms with E-state index >= 15 is 0 Å². The average Bonchev–Trinajstić information content (AvgIpc) is 2.93. The molecule has 5 heteroatoms. The Bertz CT molecular complexity index is 319. The molecule has 1 heterocycles. The van der Waals surface area contributed by atoms with Crippen molar-refractivity contribution in [2.24, 2.45) is 5.73 Å². The number of hydrogen-bond donors (Lipinski definition) is 1. The Balaban J connectivity index is 0.00000133. The van der Waals surface area contributed by atoms with Gasteiger partial charge in [0.1, 0.15) is 0 Å². The van der Waals surface area contributed by atoms with Crippen LogP contribution in [0, 0.1) is 0 Å². The molecule has 1 amide bonds. The predicted molar refractivity (Wildman–Crippen MR) is 76.3 cm³/mol. The second-order valence-electron chi connectivity index (χ2n) is 6.19. The van der Waals surface area contributed by atoms with Gasteiger partial charge in [-0.25, -0.2) is 0 Å². The zero-order chi connectivity index (χ0) is 12.6. The largest absolute Gasteiger partial charge is 0.375 e. The van der Waals surface area contributed by atoms with Crippen molar-refractivity contribution in [1.82, 2.24) is 4.90 Å². The van der Waals surface area contributed by atoms with Crippen molar-refractivity contribution >= 4 is 18.3 Å². The zero-order valence-corrected chi connectivity index (χ0v) is 12.3. The Hall–Kier alpha value is -0.320. The molecular formula is C14H25ClN2O2. The summed E-state index contributed by atoms with van der Waals surface area (Å²) >= 11 is 0. The summed E-state index contributed by atoms with van der Waals surface area (Å²) in [6.07, 6.45) is 9.64. The van der Waals surface area contributed by atoms with Gasteiger partial charge in [0.2, 0.25) is 5.91 Å². The fourth-order valence-electron chi connectivity index (χ4n) is 3.16. The van der Waals surface area contributed by atoms with Gasteiger partial charge in [0.05, 0.1) is 17.7 Å². The second-order valence-corrected chi connectivity index (χ2v) is 6.19. The van der Waals surface area contributed by atoms with Crippen LogP contribution < -0.4 is 5.73 Å². The number of halogens is 1. The standard InChI is InChI=1S/C14H24N2O2.ClH/c15-14(7-8-14)13(17)16-9-5-12(6-10-16)18-11-3-1-2-4-11;/h11-12H,1-10,15H2;1H. The molecule has 0 aromatic carbocycles. The predicted octanol–water partition coefficient (Wildman–Crippen LogP) is 1.85. The molecule has 2 aliphatic carbocycles. The third-order valence-electron chi connectivity index (χ3n) is 4.63. The number of hydrogen-bond acceptors (Lipinski definition) is 3. The molecule has 1 aliphatic heterocycles. The third kappa shape index (κ3) is 3.41. The molecule has 0 spiro atoms. The Kier molecular flexibility index (Phi) is 4.75. The summed E-state index contributed by atoms with van der Waals surface area (Å²) in [4.78, 5) is 14.0. The van der Waals surface area contributed by atoms with Gasteiger partial charge >= 0.3 is 0 Å². The normalized spacial score (nSPS) is 27.1. The highest BCUT2D eigenvalue weighted by Crippen LogP contribution is 2.35. The van der Waals surface area contributed by atoms with Gasteiger partial charge in [0, 0.05) is 13.1 Å². The highest BCUT2D eigenvalue weighted by atomic mass is 35.5. The number of ether oxygens (including phenoxy) is 1. The topological polar surface area (TPSA) is 55.6 Å². The zero-order valence-electron chi connectivity index (χ0n) is 11.5. The number of piperidine rings is 1. The minimum Gasteiger partial charge on any atom is -0.375 e. The van der Waals surface area contributed by atoms with E-state index in [4.69, 9.17) is 10.5 Å². The van der Waals surface area contributed by atoms with Gasteiger partial charge in [0.25, 0.3) is 0 Å². The fourth-order valence-corrected chi connectivity index (χ4v) is 3.16. The molecule has 2 saturated carbocycles. The van der Waals surface area contributed by atoms with Gasteiger partial charge in [-0.2, -0.15) is 0 Å². The summed E-state index contributed by atoms with van der Waals surface area (Å²) in [7, 11) is 0. The van der Waals surface area contributed by atoms with Crippen LogP contribution in [0.5, 0.6) is 0 Å². The highest BCUT2D eigenvalue weighted by molar-refractivity contribution is 5.89. The lowest BCUT2D eigenvalue weighted by Crippen LogP contribution is -2.49. The minimum absolute atomic E-state index is 0. The van der Waals surface area contributed by atoms with Crippen molar-refractivity contribution in [2.75, 3.05) is 13.1 Å². The van der Waals surface area contributed by atoms with E-state index in [2.05, 4.69) is 0 Å². The molecule has 0 atom stereocenters. The first-order valence-corrected chi connectivity index (χ1v) is 7.41. The SMILES string of the molecule is Cl.NC1(C(=O)N2CCC(OC3CCCC3)CC2)CC1. The molecule has 0 radical (unpaired) electrons. The van der Waals surface area contributed by atoms with E-state index in [0.717, 1.165) is 38.8 Å². The van der Waals surface area contributed by atoms with Crippen molar-refractivity contribution in [3.8, 4) is 0 Å². The van der Waals surface area contributed by atoms with Crippen molar-refractivity contribution in [1.29, 1.82) is 0 Å². The van der Waals surface area contributed by atoms with E-state index in [-0.39, 0.29) is 18.3 Å². The number of nitrogens with two attached hydrogens (primary N) is 1. The van der Waals surface area contributed by atoms with Crippen LogP contribution in [0.4, 0.5) is 0 Å². The Labute approximate surface area is 121 Å². The van der Waals surface area contributed by atoms with Gasteiger partial charge in [-0.3, -0.25) is 4.79 Å². The number of carbonyl (C=O) groups excluding carboxylic acids is 1. The lowest BCUT2D eigenvalue weighted by molar-refractivity contribution is -0.137. The maximum atomic E-state index is 12.1. The van der Waals surface area contributed by atoms with Crippen LogP contribution in [0.25, 0.3) is 0 Å². The molecule has 19 heavy (non-hydrogen) atoms. The number of amides is 1. The summed E-state index contributed by atoms with van der Waals surface area (Å²) in [5.41, 5.74) is 5.46. The van der Waals surface area contributed by atoms with Crippen LogP contribution >= 0.6 is 12.4 Å². The van der Waals surface area contributed by atoms with Crippen molar-refractivity contribution < 1.29 is 9.53 Å². The summed E-state index contributed by atoms with van der Waals surface area (Å²) in [6.45, 7) is 1.66. The number of likely N-dealkylation sites (tertiary alicyclic amines) is 1. The van der Waals surface area contributed by atoms with Crippen LogP contribution in [-0.2, 0) is 9.53 Å². The molecular weight excluding hydrogens is 264 g/mol. The summed E-state index contributed by atoms with van der Waals surface area (Å²) < 4.78 is 6.11. The van der Waals surface area contributed by atoms with Crippen molar-refractivity contribution in [2.45, 2.75) is 69.1 Å². The maximum Gasteiger partial charge on any atom is 0.242 e. The smallest absolute Gasteiger partial charge is 0.242 e. The van der Waals surface area contributed by atoms with E-state index in [1.165, 1.54) is 25.7 Å². The van der Waals surface area contributed by atoms with Gasteiger partial charge < -0.3 is 15.4 Å². The van der Waals surface area contributed by atoms with E-state index in [0.29, 0.717) is 12.2 Å². The van der Waals surface area contributed by atoms with Gasteiger partial charge in [-0.1, -0.05) is 12.8 Å². The van der Waals surface area contributed by atoms with Gasteiger partial charge in [-0.05, 0) is 38.5 Å². The Morgan fingerprint density at radius 3 is 2.11 bits per heavy atom. The van der Waals surface area contributed by atoms with E-state index in [9.17, 15) is 4.79 Å². The van der Waals surface area contributed by atoms with Crippen LogP contribution in [0.1, 0.15) is 51.4 Å². The molecule has 1 saturated heterocycles. The highest BCUT2D eigenvalue weighted by Gasteiger charge is 2.48. The Morgan fingerprint density at radius 1 is 1.05 bits per heavy atom. The first-order valence-electron chi connectivity index (χ1n) is 7.41. The average molecular weight is 289 g/mol. The maximum absolute atomic E-state index is 12.1. The molecule has 3 aliphatic rings. The molecule has 3 fully saturated rings. The van der Waals surface area contributed by atoms with E-state index < -0.39 is 5.54 Å². The molecule has 2 N–H and O–H groups in total. The minimum atomic E-state index is -0.501. The summed E-state index contributed by atoms with van der Waals surface area (Å²) in [5, 5.41) is 0. The number of carbonyl (C=O) groups is 1. The lowest BCUT2D eigenvalue weighted by atomic mass is 10.1. The van der Waals surface area contributed by atoms with Crippen molar-refractivity contribution in [3.63, 3.8) is 0 Å². The fraction of sp³-hybridized carbons (Fsp3) is 0.929. The molecule has 0 aromatic heterocycles. The van der Waals surface area contributed by atoms with E-state index in [1.807, 2.05) is 4.90 Å². The van der Waals surface area contributed by atoms with Crippen LogP contribution in [0.2, 0.25) is 0 Å².